The normalized spacial score (nSPS) is 27.9. The summed E-state index contributed by atoms with van der Waals surface area (Å²) < 4.78 is 5.78. The number of Topliss-reactive ketones (excluding diaryl/α,β-unsaturated/α-hetero) is 1. The third kappa shape index (κ3) is 3.72. The largest absolute Gasteiger partial charge is 0.370 e. The number of amides is 1. The summed E-state index contributed by atoms with van der Waals surface area (Å²) in [5, 5.41) is 0.675. The molecule has 3 rings (SSSR count). The molecule has 3 atom stereocenters. The van der Waals surface area contributed by atoms with Crippen molar-refractivity contribution in [2.75, 3.05) is 19.7 Å². The van der Waals surface area contributed by atoms with Gasteiger partial charge in [0.15, 0.2) is 0 Å². The molecule has 2 N–H and O–H groups in total. The molecule has 1 amide bonds. The molecule has 23 heavy (non-hydrogen) atoms. The summed E-state index contributed by atoms with van der Waals surface area (Å²) >= 11 is 5.91. The minimum atomic E-state index is -0.368. The number of rotatable bonds is 3. The van der Waals surface area contributed by atoms with E-state index in [9.17, 15) is 9.59 Å². The van der Waals surface area contributed by atoms with Crippen LogP contribution in [0.2, 0.25) is 5.02 Å². The van der Waals surface area contributed by atoms with Crippen molar-refractivity contribution in [2.45, 2.75) is 31.5 Å². The molecule has 124 valence electrons. The van der Waals surface area contributed by atoms with E-state index in [0.717, 1.165) is 5.56 Å². The van der Waals surface area contributed by atoms with Gasteiger partial charge in [0.25, 0.3) is 0 Å². The summed E-state index contributed by atoms with van der Waals surface area (Å²) in [5.74, 6) is 0.0392. The van der Waals surface area contributed by atoms with E-state index >= 15 is 0 Å². The second-order valence-corrected chi connectivity index (χ2v) is 6.37. The fourth-order valence-electron chi connectivity index (χ4n) is 2.93. The van der Waals surface area contributed by atoms with Gasteiger partial charge in [-0.05, 0) is 31.0 Å². The number of nitrogens with one attached hydrogen (secondary N) is 2. The second kappa shape index (κ2) is 6.97. The number of carbonyl (C=O) groups excluding carboxylic acids is 2. The molecular weight excluding hydrogens is 318 g/mol. The number of halogens is 1. The molecule has 0 saturated carbocycles. The standard InChI is InChI=1S/C16H20ClN3O3/c1-10(21)13-8-14(19-18-13)16(22)20-6-7-23-15(9-20)11-2-4-12(17)5-3-11/h2-5,13-15,18-19H,6-9H2,1H3. The number of morpholine rings is 1. The summed E-state index contributed by atoms with van der Waals surface area (Å²) in [6.45, 7) is 3.09. The SMILES string of the molecule is CC(=O)C1CC(C(=O)N2CCOC(c3ccc(Cl)cc3)C2)NN1. The van der Waals surface area contributed by atoms with Crippen molar-refractivity contribution in [3.05, 3.63) is 34.9 Å². The Kier molecular flexibility index (Phi) is 4.96. The molecule has 0 bridgehead atoms. The molecule has 2 aliphatic heterocycles. The van der Waals surface area contributed by atoms with Crippen molar-refractivity contribution in [3.8, 4) is 0 Å². The van der Waals surface area contributed by atoms with Crippen molar-refractivity contribution in [1.82, 2.24) is 15.8 Å². The van der Waals surface area contributed by atoms with Gasteiger partial charge in [0.05, 0.1) is 19.2 Å². The lowest BCUT2D eigenvalue weighted by atomic mass is 10.0. The predicted octanol–water partition coefficient (Wildman–Crippen LogP) is 1.06. The van der Waals surface area contributed by atoms with Crippen molar-refractivity contribution in [2.24, 2.45) is 0 Å². The first-order valence-corrected chi connectivity index (χ1v) is 8.10. The zero-order valence-corrected chi connectivity index (χ0v) is 13.7. The molecule has 2 aliphatic rings. The summed E-state index contributed by atoms with van der Waals surface area (Å²) in [5.41, 5.74) is 6.81. The van der Waals surface area contributed by atoms with Gasteiger partial charge in [-0.3, -0.25) is 9.59 Å². The summed E-state index contributed by atoms with van der Waals surface area (Å²) in [6.07, 6.45) is 0.333. The van der Waals surface area contributed by atoms with Gasteiger partial charge in [0, 0.05) is 11.6 Å². The maximum absolute atomic E-state index is 12.6. The van der Waals surface area contributed by atoms with Gasteiger partial charge in [0.1, 0.15) is 17.9 Å². The Hall–Kier alpha value is -1.47. The molecule has 1 aromatic rings. The van der Waals surface area contributed by atoms with Gasteiger partial charge >= 0.3 is 0 Å². The van der Waals surface area contributed by atoms with E-state index in [4.69, 9.17) is 16.3 Å². The van der Waals surface area contributed by atoms with Gasteiger partial charge in [0.2, 0.25) is 5.91 Å². The first-order chi connectivity index (χ1) is 11.0. The highest BCUT2D eigenvalue weighted by Crippen LogP contribution is 2.24. The van der Waals surface area contributed by atoms with Crippen LogP contribution in [0.15, 0.2) is 24.3 Å². The molecule has 7 heteroatoms. The molecule has 0 radical (unpaired) electrons. The Morgan fingerprint density at radius 1 is 1.22 bits per heavy atom. The number of ketones is 1. The van der Waals surface area contributed by atoms with E-state index in [1.165, 1.54) is 6.92 Å². The first kappa shape index (κ1) is 16.4. The van der Waals surface area contributed by atoms with E-state index in [1.807, 2.05) is 24.3 Å². The van der Waals surface area contributed by atoms with Gasteiger partial charge in [-0.15, -0.1) is 0 Å². The lowest BCUT2D eigenvalue weighted by Gasteiger charge is -2.34. The lowest BCUT2D eigenvalue weighted by Crippen LogP contribution is -2.50. The third-order valence-corrected chi connectivity index (χ3v) is 4.56. The highest BCUT2D eigenvalue weighted by atomic mass is 35.5. The molecule has 6 nitrogen and oxygen atoms in total. The molecule has 2 fully saturated rings. The van der Waals surface area contributed by atoms with Gasteiger partial charge in [-0.2, -0.15) is 0 Å². The predicted molar refractivity (Wildman–Crippen MR) is 85.9 cm³/mol. The quantitative estimate of drug-likeness (QED) is 0.863. The monoisotopic (exact) mass is 337 g/mol. The Morgan fingerprint density at radius 2 is 1.91 bits per heavy atom. The molecule has 3 unspecified atom stereocenters. The number of hydrogen-bond acceptors (Lipinski definition) is 5. The fourth-order valence-corrected chi connectivity index (χ4v) is 3.06. The first-order valence-electron chi connectivity index (χ1n) is 7.72. The zero-order chi connectivity index (χ0) is 16.4. The van der Waals surface area contributed by atoms with Crippen LogP contribution < -0.4 is 10.9 Å². The average molecular weight is 338 g/mol. The van der Waals surface area contributed by atoms with Crippen LogP contribution in [0, 0.1) is 0 Å². The second-order valence-electron chi connectivity index (χ2n) is 5.94. The van der Waals surface area contributed by atoms with Crippen LogP contribution in [0.3, 0.4) is 0 Å². The van der Waals surface area contributed by atoms with Gasteiger partial charge in [-0.1, -0.05) is 23.7 Å². The number of nitrogens with zero attached hydrogens (tertiary/aromatic N) is 1. The topological polar surface area (TPSA) is 70.7 Å². The maximum Gasteiger partial charge on any atom is 0.241 e. The van der Waals surface area contributed by atoms with E-state index in [-0.39, 0.29) is 29.9 Å². The minimum absolute atomic E-state index is 0.00325. The molecule has 2 saturated heterocycles. The number of carbonyl (C=O) groups is 2. The number of ether oxygens (including phenoxy) is 1. The Bertz CT molecular complexity index is 593. The molecule has 1 aromatic carbocycles. The smallest absolute Gasteiger partial charge is 0.241 e. The van der Waals surface area contributed by atoms with Crippen molar-refractivity contribution in [1.29, 1.82) is 0 Å². The molecule has 0 aliphatic carbocycles. The van der Waals surface area contributed by atoms with Crippen molar-refractivity contribution < 1.29 is 14.3 Å². The van der Waals surface area contributed by atoms with Gasteiger partial charge in [-0.25, -0.2) is 10.9 Å². The van der Waals surface area contributed by atoms with Crippen LogP contribution in [0.4, 0.5) is 0 Å². The van der Waals surface area contributed by atoms with Crippen LogP contribution in [-0.2, 0) is 14.3 Å². The zero-order valence-electron chi connectivity index (χ0n) is 12.9. The molecule has 2 heterocycles. The minimum Gasteiger partial charge on any atom is -0.370 e. The molecule has 0 aromatic heterocycles. The number of hydrazine groups is 1. The van der Waals surface area contributed by atoms with Crippen molar-refractivity contribution in [3.63, 3.8) is 0 Å². The Morgan fingerprint density at radius 3 is 2.57 bits per heavy atom. The summed E-state index contributed by atoms with van der Waals surface area (Å²) in [6, 6.07) is 6.82. The van der Waals surface area contributed by atoms with Crippen molar-refractivity contribution >= 4 is 23.3 Å². The fraction of sp³-hybridized carbons (Fsp3) is 0.500. The van der Waals surface area contributed by atoms with E-state index < -0.39 is 0 Å². The van der Waals surface area contributed by atoms with Crippen LogP contribution in [0.5, 0.6) is 0 Å². The Labute approximate surface area is 140 Å². The van der Waals surface area contributed by atoms with E-state index in [2.05, 4.69) is 10.9 Å². The summed E-state index contributed by atoms with van der Waals surface area (Å²) in [7, 11) is 0. The highest BCUT2D eigenvalue weighted by Gasteiger charge is 2.36. The third-order valence-electron chi connectivity index (χ3n) is 4.31. The number of hydrogen-bond donors (Lipinski definition) is 2. The van der Waals surface area contributed by atoms with E-state index in [1.54, 1.807) is 4.90 Å². The average Bonchev–Trinajstić information content (AvgIpc) is 3.05. The van der Waals surface area contributed by atoms with Crippen LogP contribution in [0.1, 0.15) is 25.0 Å². The lowest BCUT2D eigenvalue weighted by molar-refractivity contribution is -0.141. The maximum atomic E-state index is 12.6. The van der Waals surface area contributed by atoms with E-state index in [0.29, 0.717) is 31.1 Å². The van der Waals surface area contributed by atoms with Crippen LogP contribution in [-0.4, -0.2) is 48.4 Å². The molecular formula is C16H20ClN3O3. The van der Waals surface area contributed by atoms with Crippen LogP contribution in [0.25, 0.3) is 0 Å². The highest BCUT2D eigenvalue weighted by molar-refractivity contribution is 6.30. The van der Waals surface area contributed by atoms with Crippen LogP contribution >= 0.6 is 11.6 Å². The summed E-state index contributed by atoms with van der Waals surface area (Å²) in [4.78, 5) is 25.8. The Balaban J connectivity index is 1.63. The van der Waals surface area contributed by atoms with Gasteiger partial charge < -0.3 is 9.64 Å². The number of benzene rings is 1. The molecule has 0 spiro atoms.